The van der Waals surface area contributed by atoms with Crippen molar-refractivity contribution in [3.05, 3.63) is 159 Å². The smallest absolute Gasteiger partial charge is 0.252 e. The van der Waals surface area contributed by atoms with Crippen LogP contribution in [-0.2, 0) is 43.3 Å². The van der Waals surface area contributed by atoms with Gasteiger partial charge in [0.1, 0.15) is 0 Å². The van der Waals surface area contributed by atoms with Crippen LogP contribution in [0.25, 0.3) is 0 Å². The summed E-state index contributed by atoms with van der Waals surface area (Å²) >= 11 is 0. The Balaban J connectivity index is 1.29. The molecule has 2 aliphatic heterocycles. The summed E-state index contributed by atoms with van der Waals surface area (Å²) in [6, 6.07) is 42.3. The van der Waals surface area contributed by atoms with E-state index < -0.39 is 0 Å². The SMILES string of the molecule is Cc1cc2c(cc1N1c3cc4c(cc3B3c5ccc(C(C)(C)c6ccccc6)cc5N(c5ccc6c(c5)C(C)(C)CCC6(C)C)c5cc(C(C)(C)C)cc1c53)C(C)(C)CCC4(C)C)C(C)(C)CCC2(C)C. The maximum absolute atomic E-state index is 2.78. The molecule has 0 N–H and O–H groups in total. The van der Waals surface area contributed by atoms with Crippen molar-refractivity contribution in [1.29, 1.82) is 0 Å². The maximum Gasteiger partial charge on any atom is 0.252 e. The number of fused-ring (bicyclic) bond motifs is 7. The molecule has 2 heterocycles. The van der Waals surface area contributed by atoms with E-state index in [0.717, 1.165) is 0 Å². The summed E-state index contributed by atoms with van der Waals surface area (Å²) in [5.41, 5.74) is 26.8. The van der Waals surface area contributed by atoms with Crippen LogP contribution >= 0.6 is 0 Å². The molecule has 0 unspecified atom stereocenters. The highest BCUT2D eigenvalue weighted by molar-refractivity contribution is 7.00. The molecule has 0 spiro atoms. The van der Waals surface area contributed by atoms with E-state index in [1.165, 1.54) is 145 Å². The van der Waals surface area contributed by atoms with Gasteiger partial charge in [-0.15, -0.1) is 0 Å². The van der Waals surface area contributed by atoms with E-state index in [4.69, 9.17) is 0 Å². The molecule has 2 nitrogen and oxygen atoms in total. The first-order chi connectivity index (χ1) is 32.9. The van der Waals surface area contributed by atoms with Gasteiger partial charge in [-0.3, -0.25) is 0 Å². The lowest BCUT2D eigenvalue weighted by molar-refractivity contribution is 0.331. The fourth-order valence-corrected chi connectivity index (χ4v) is 14.1. The van der Waals surface area contributed by atoms with E-state index in [9.17, 15) is 0 Å². The summed E-state index contributed by atoms with van der Waals surface area (Å²) in [4.78, 5) is 5.50. The van der Waals surface area contributed by atoms with E-state index in [1.807, 2.05) is 0 Å². The van der Waals surface area contributed by atoms with E-state index in [-0.39, 0.29) is 50.0 Å². The van der Waals surface area contributed by atoms with Crippen LogP contribution in [0, 0.1) is 6.92 Å². The number of benzene rings is 6. The fourth-order valence-electron chi connectivity index (χ4n) is 14.1. The first-order valence-corrected chi connectivity index (χ1v) is 27.4. The summed E-state index contributed by atoms with van der Waals surface area (Å²) in [5.74, 6) is 0. The third-order valence-corrected chi connectivity index (χ3v) is 19.6. The van der Waals surface area contributed by atoms with E-state index in [1.54, 1.807) is 0 Å². The summed E-state index contributed by atoms with van der Waals surface area (Å²) < 4.78 is 0. The van der Waals surface area contributed by atoms with Crippen molar-refractivity contribution in [3.8, 4) is 0 Å². The van der Waals surface area contributed by atoms with Gasteiger partial charge in [-0.2, -0.15) is 0 Å². The number of hydrogen-bond acceptors (Lipinski definition) is 2. The minimum absolute atomic E-state index is 0.0350. The Labute approximate surface area is 430 Å². The molecule has 6 aromatic rings. The highest BCUT2D eigenvalue weighted by Gasteiger charge is 2.49. The van der Waals surface area contributed by atoms with E-state index >= 15 is 0 Å². The van der Waals surface area contributed by atoms with Crippen LogP contribution in [0.15, 0.2) is 103 Å². The molecule has 0 saturated carbocycles. The molecule has 0 radical (unpaired) electrons. The minimum Gasteiger partial charge on any atom is -0.311 e. The van der Waals surface area contributed by atoms with Crippen LogP contribution in [0.5, 0.6) is 0 Å². The van der Waals surface area contributed by atoms with Gasteiger partial charge < -0.3 is 9.80 Å². The molecule has 0 atom stereocenters. The first kappa shape index (κ1) is 48.3. The zero-order valence-electron chi connectivity index (χ0n) is 47.0. The molecule has 3 aliphatic carbocycles. The number of nitrogens with zero attached hydrogens (tertiary/aromatic N) is 2. The lowest BCUT2D eigenvalue weighted by Gasteiger charge is -2.49. The van der Waals surface area contributed by atoms with Crippen LogP contribution in [0.4, 0.5) is 34.1 Å². The predicted molar refractivity (Wildman–Crippen MR) is 308 cm³/mol. The standard InChI is InChI=1S/C68H83BN2/c1-42-34-48-51(66(13,14)32-30-63(48,7)8)40-55(42)71-57-41-52-50(65(11,12)31-33-67(52,15)16)39-54(57)69-53-27-24-44(68(17,18)43-22-20-19-21-23-43)35-56(53)70(58-36-45(61(2,3)4)37-59(71)60(58)69)46-25-26-47-49(38-46)64(9,10)29-28-62(47,5)6/h19-27,34-41H,28-33H2,1-18H3. The number of anilines is 6. The molecule has 6 aromatic carbocycles. The predicted octanol–water partition coefficient (Wildman–Crippen LogP) is 16.7. The van der Waals surface area contributed by atoms with Gasteiger partial charge in [-0.25, -0.2) is 0 Å². The van der Waals surface area contributed by atoms with Crippen molar-refractivity contribution in [2.24, 2.45) is 0 Å². The largest absolute Gasteiger partial charge is 0.311 e. The third-order valence-electron chi connectivity index (χ3n) is 19.6. The van der Waals surface area contributed by atoms with Gasteiger partial charge in [0, 0.05) is 39.5 Å². The van der Waals surface area contributed by atoms with Crippen molar-refractivity contribution in [3.63, 3.8) is 0 Å². The van der Waals surface area contributed by atoms with Crippen LogP contribution < -0.4 is 26.2 Å². The van der Waals surface area contributed by atoms with Crippen LogP contribution in [0.2, 0.25) is 0 Å². The van der Waals surface area contributed by atoms with Crippen LogP contribution in [-0.4, -0.2) is 6.71 Å². The molecular weight excluding hydrogens is 856 g/mol. The Hall–Kier alpha value is -5.02. The average Bonchev–Trinajstić information content (AvgIpc) is 3.30. The summed E-state index contributed by atoms with van der Waals surface area (Å²) in [6.45, 7) is 44.4. The van der Waals surface area contributed by atoms with Crippen molar-refractivity contribution in [2.75, 3.05) is 9.80 Å². The molecule has 368 valence electrons. The zero-order valence-corrected chi connectivity index (χ0v) is 47.0. The lowest BCUT2D eigenvalue weighted by atomic mass is 9.33. The van der Waals surface area contributed by atoms with Crippen molar-refractivity contribution in [2.45, 2.75) is 206 Å². The topological polar surface area (TPSA) is 6.48 Å². The van der Waals surface area contributed by atoms with Gasteiger partial charge in [0.15, 0.2) is 0 Å². The number of rotatable bonds is 4. The molecule has 0 saturated heterocycles. The van der Waals surface area contributed by atoms with Crippen LogP contribution in [0.3, 0.4) is 0 Å². The van der Waals surface area contributed by atoms with Crippen molar-refractivity contribution in [1.82, 2.24) is 0 Å². The highest BCUT2D eigenvalue weighted by Crippen LogP contribution is 2.55. The maximum atomic E-state index is 2.78. The molecule has 0 aromatic heterocycles. The second kappa shape index (κ2) is 15.3. The number of hydrogen-bond donors (Lipinski definition) is 0. The molecule has 0 amide bonds. The zero-order chi connectivity index (χ0) is 51.0. The molecule has 71 heavy (non-hydrogen) atoms. The first-order valence-electron chi connectivity index (χ1n) is 27.4. The third kappa shape index (κ3) is 7.30. The second-order valence-electron chi connectivity index (χ2n) is 28.7. The Bertz CT molecular complexity index is 3180. The monoisotopic (exact) mass is 939 g/mol. The molecule has 11 rings (SSSR count). The van der Waals surface area contributed by atoms with E-state index in [0.29, 0.717) is 0 Å². The van der Waals surface area contributed by atoms with Gasteiger partial charge in [0.2, 0.25) is 0 Å². The van der Waals surface area contributed by atoms with Gasteiger partial charge >= 0.3 is 0 Å². The van der Waals surface area contributed by atoms with Gasteiger partial charge in [0.25, 0.3) is 6.71 Å². The van der Waals surface area contributed by atoms with Crippen molar-refractivity contribution >= 4 is 57.2 Å². The summed E-state index contributed by atoms with van der Waals surface area (Å²) in [5, 5.41) is 0. The molecule has 3 heteroatoms. The average molecular weight is 939 g/mol. The minimum atomic E-state index is -0.217. The molecule has 0 bridgehead atoms. The Kier molecular flexibility index (Phi) is 10.4. The molecule has 5 aliphatic rings. The van der Waals surface area contributed by atoms with Gasteiger partial charge in [-0.05, 0) is 198 Å². The van der Waals surface area contributed by atoms with Crippen LogP contribution in [0.1, 0.15) is 212 Å². The van der Waals surface area contributed by atoms with Crippen molar-refractivity contribution < 1.29 is 0 Å². The summed E-state index contributed by atoms with van der Waals surface area (Å²) in [6.07, 6.45) is 7.12. The summed E-state index contributed by atoms with van der Waals surface area (Å²) in [7, 11) is 0. The Morgan fingerprint density at radius 1 is 0.380 bits per heavy atom. The normalized spacial score (nSPS) is 20.5. The molecule has 0 fully saturated rings. The molecular formula is C68H83BN2. The highest BCUT2D eigenvalue weighted by atomic mass is 15.2. The van der Waals surface area contributed by atoms with Gasteiger partial charge in [-0.1, -0.05) is 178 Å². The second-order valence-corrected chi connectivity index (χ2v) is 28.7. The lowest BCUT2D eigenvalue weighted by Crippen LogP contribution is -2.62. The van der Waals surface area contributed by atoms with E-state index in [2.05, 4.69) is 238 Å². The Morgan fingerprint density at radius 3 is 1.38 bits per heavy atom. The quantitative estimate of drug-likeness (QED) is 0.162. The Morgan fingerprint density at radius 2 is 0.831 bits per heavy atom. The van der Waals surface area contributed by atoms with Gasteiger partial charge in [0.05, 0.1) is 0 Å². The number of aryl methyl sites for hydroxylation is 1. The fraction of sp³-hybridized carbons (Fsp3) is 0.471.